The first-order chi connectivity index (χ1) is 9.13. The summed E-state index contributed by atoms with van der Waals surface area (Å²) >= 11 is 0. The highest BCUT2D eigenvalue weighted by atomic mass is 16.4. The zero-order valence-electron chi connectivity index (χ0n) is 11.8. The summed E-state index contributed by atoms with van der Waals surface area (Å²) in [5.41, 5.74) is 0. The van der Waals surface area contributed by atoms with Crippen LogP contribution in [-0.4, -0.2) is 36.6 Å². The van der Waals surface area contributed by atoms with Crippen molar-refractivity contribution in [1.82, 2.24) is 10.6 Å². The van der Waals surface area contributed by atoms with E-state index >= 15 is 0 Å². The average Bonchev–Trinajstić information content (AvgIpc) is 2.43. The first-order valence-electron chi connectivity index (χ1n) is 7.33. The monoisotopic (exact) mass is 270 g/mol. The Hall–Kier alpha value is -1.10. The molecule has 5 nitrogen and oxygen atoms in total. The second-order valence-electron chi connectivity index (χ2n) is 5.31. The maximum Gasteiger partial charge on any atom is 0.303 e. The molecule has 1 amide bonds. The highest BCUT2D eigenvalue weighted by Gasteiger charge is 2.20. The molecule has 0 aromatic carbocycles. The third kappa shape index (κ3) is 6.57. The maximum atomic E-state index is 11.9. The van der Waals surface area contributed by atoms with Gasteiger partial charge in [-0.15, -0.1) is 0 Å². The highest BCUT2D eigenvalue weighted by molar-refractivity contribution is 5.78. The predicted molar refractivity (Wildman–Crippen MR) is 73.9 cm³/mol. The number of carboxylic acid groups (broad SMARTS) is 1. The van der Waals surface area contributed by atoms with E-state index in [-0.39, 0.29) is 18.2 Å². The summed E-state index contributed by atoms with van der Waals surface area (Å²) in [5, 5.41) is 14.9. The lowest BCUT2D eigenvalue weighted by molar-refractivity contribution is -0.137. The van der Waals surface area contributed by atoms with E-state index in [0.29, 0.717) is 18.9 Å². The fourth-order valence-corrected chi connectivity index (χ4v) is 2.51. The van der Waals surface area contributed by atoms with Crippen molar-refractivity contribution in [3.63, 3.8) is 0 Å². The van der Waals surface area contributed by atoms with Gasteiger partial charge in [0, 0.05) is 18.9 Å². The summed E-state index contributed by atoms with van der Waals surface area (Å²) in [6.45, 7) is 4.59. The molecule has 1 heterocycles. The molecule has 5 heteroatoms. The lowest BCUT2D eigenvalue weighted by Gasteiger charge is -2.22. The van der Waals surface area contributed by atoms with Gasteiger partial charge in [0.05, 0.1) is 0 Å². The number of rotatable bonds is 8. The second kappa shape index (κ2) is 8.91. The van der Waals surface area contributed by atoms with Crippen LogP contribution in [0.15, 0.2) is 0 Å². The van der Waals surface area contributed by atoms with Gasteiger partial charge in [-0.25, -0.2) is 0 Å². The van der Waals surface area contributed by atoms with Crippen LogP contribution in [0.1, 0.15) is 45.4 Å². The number of amides is 1. The third-order valence-corrected chi connectivity index (χ3v) is 3.91. The Balaban J connectivity index is 2.16. The Morgan fingerprint density at radius 1 is 1.32 bits per heavy atom. The highest BCUT2D eigenvalue weighted by Crippen LogP contribution is 2.15. The molecular weight excluding hydrogens is 244 g/mol. The molecule has 1 fully saturated rings. The normalized spacial score (nSPS) is 17.9. The molecule has 1 atom stereocenters. The van der Waals surface area contributed by atoms with Gasteiger partial charge in [-0.3, -0.25) is 9.59 Å². The molecule has 1 unspecified atom stereocenters. The van der Waals surface area contributed by atoms with Crippen molar-refractivity contribution in [3.05, 3.63) is 0 Å². The molecule has 0 saturated carbocycles. The predicted octanol–water partition coefficient (Wildman–Crippen LogP) is 1.38. The van der Waals surface area contributed by atoms with Crippen molar-refractivity contribution in [1.29, 1.82) is 0 Å². The van der Waals surface area contributed by atoms with Gasteiger partial charge >= 0.3 is 5.97 Å². The van der Waals surface area contributed by atoms with Crippen LogP contribution in [0.4, 0.5) is 0 Å². The van der Waals surface area contributed by atoms with E-state index in [0.717, 1.165) is 38.8 Å². The Labute approximate surface area is 115 Å². The van der Waals surface area contributed by atoms with E-state index in [9.17, 15) is 9.59 Å². The molecule has 0 aromatic rings. The minimum atomic E-state index is -0.739. The number of nitrogens with one attached hydrogen (secondary N) is 2. The first-order valence-corrected chi connectivity index (χ1v) is 7.33. The van der Waals surface area contributed by atoms with Gasteiger partial charge in [0.25, 0.3) is 0 Å². The van der Waals surface area contributed by atoms with E-state index in [1.54, 1.807) is 0 Å². The van der Waals surface area contributed by atoms with E-state index in [4.69, 9.17) is 5.11 Å². The Morgan fingerprint density at radius 2 is 2.00 bits per heavy atom. The molecule has 0 radical (unpaired) electrons. The molecule has 3 N–H and O–H groups in total. The van der Waals surface area contributed by atoms with Crippen LogP contribution in [0.2, 0.25) is 0 Å². The summed E-state index contributed by atoms with van der Waals surface area (Å²) in [6, 6.07) is 0. The molecule has 0 aliphatic carbocycles. The van der Waals surface area contributed by atoms with Crippen LogP contribution in [0, 0.1) is 11.8 Å². The molecule has 1 saturated heterocycles. The van der Waals surface area contributed by atoms with Crippen LogP contribution in [0.5, 0.6) is 0 Å². The van der Waals surface area contributed by atoms with E-state index in [1.165, 1.54) is 0 Å². The zero-order chi connectivity index (χ0) is 14.1. The number of carbonyl (C=O) groups is 2. The van der Waals surface area contributed by atoms with Gasteiger partial charge in [0.2, 0.25) is 5.91 Å². The summed E-state index contributed by atoms with van der Waals surface area (Å²) in [6.07, 6.45) is 4.61. The summed E-state index contributed by atoms with van der Waals surface area (Å²) in [4.78, 5) is 22.4. The van der Waals surface area contributed by atoms with Crippen molar-refractivity contribution < 1.29 is 14.7 Å². The van der Waals surface area contributed by atoms with Crippen LogP contribution in [-0.2, 0) is 9.59 Å². The van der Waals surface area contributed by atoms with Crippen molar-refractivity contribution in [2.45, 2.75) is 45.4 Å². The van der Waals surface area contributed by atoms with E-state index < -0.39 is 5.97 Å². The Bertz CT molecular complexity index is 288. The number of aliphatic carboxylic acids is 1. The van der Waals surface area contributed by atoms with E-state index in [2.05, 4.69) is 17.6 Å². The summed E-state index contributed by atoms with van der Waals surface area (Å²) < 4.78 is 0. The maximum absolute atomic E-state index is 11.9. The zero-order valence-corrected chi connectivity index (χ0v) is 11.8. The van der Waals surface area contributed by atoms with Gasteiger partial charge in [0.15, 0.2) is 0 Å². The van der Waals surface area contributed by atoms with E-state index in [1.807, 2.05) is 0 Å². The van der Waals surface area contributed by atoms with Crippen LogP contribution in [0.3, 0.4) is 0 Å². The minimum Gasteiger partial charge on any atom is -0.481 e. The van der Waals surface area contributed by atoms with Crippen LogP contribution < -0.4 is 10.6 Å². The molecule has 1 rings (SSSR count). The quantitative estimate of drug-likeness (QED) is 0.622. The van der Waals surface area contributed by atoms with Crippen molar-refractivity contribution in [2.75, 3.05) is 19.6 Å². The average molecular weight is 270 g/mol. The Kier molecular flexibility index (Phi) is 7.48. The number of hydrogen-bond donors (Lipinski definition) is 3. The van der Waals surface area contributed by atoms with Gasteiger partial charge in [-0.2, -0.15) is 0 Å². The lowest BCUT2D eigenvalue weighted by atomic mass is 9.95. The molecule has 1 aliphatic rings. The van der Waals surface area contributed by atoms with Gasteiger partial charge in [-0.1, -0.05) is 13.3 Å². The molecule has 19 heavy (non-hydrogen) atoms. The second-order valence-corrected chi connectivity index (χ2v) is 5.31. The third-order valence-electron chi connectivity index (χ3n) is 3.91. The molecule has 110 valence electrons. The lowest BCUT2D eigenvalue weighted by Crippen LogP contribution is -2.38. The summed E-state index contributed by atoms with van der Waals surface area (Å²) in [7, 11) is 0. The fourth-order valence-electron chi connectivity index (χ4n) is 2.51. The smallest absolute Gasteiger partial charge is 0.303 e. The number of hydrogen-bond acceptors (Lipinski definition) is 3. The molecule has 0 aromatic heterocycles. The minimum absolute atomic E-state index is 0.153. The molecule has 0 spiro atoms. The van der Waals surface area contributed by atoms with Gasteiger partial charge in [0.1, 0.15) is 0 Å². The standard InChI is InChI=1S/C14H26N2O3/c1-2-11(3-4-13(17)18)5-10-16-14(19)12-6-8-15-9-7-12/h11-12,15H,2-10H2,1H3,(H,16,19)(H,17,18). The van der Waals surface area contributed by atoms with Gasteiger partial charge < -0.3 is 15.7 Å². The molecule has 0 bridgehead atoms. The number of carbonyl (C=O) groups excluding carboxylic acids is 1. The number of carboxylic acids is 1. The summed E-state index contributed by atoms with van der Waals surface area (Å²) in [5.74, 6) is -0.0310. The van der Waals surface area contributed by atoms with Crippen molar-refractivity contribution >= 4 is 11.9 Å². The van der Waals surface area contributed by atoms with Crippen molar-refractivity contribution in [3.8, 4) is 0 Å². The topological polar surface area (TPSA) is 78.4 Å². The number of piperidine rings is 1. The Morgan fingerprint density at radius 3 is 2.58 bits per heavy atom. The van der Waals surface area contributed by atoms with Crippen LogP contribution >= 0.6 is 0 Å². The first kappa shape index (κ1) is 16.0. The largest absolute Gasteiger partial charge is 0.481 e. The molecular formula is C14H26N2O3. The fraction of sp³-hybridized carbons (Fsp3) is 0.857. The SMILES string of the molecule is CCC(CCNC(=O)C1CCNCC1)CCC(=O)O. The van der Waals surface area contributed by atoms with Crippen molar-refractivity contribution in [2.24, 2.45) is 11.8 Å². The van der Waals surface area contributed by atoms with Gasteiger partial charge in [-0.05, 0) is 44.7 Å². The molecule has 1 aliphatic heterocycles. The van der Waals surface area contributed by atoms with Crippen LogP contribution in [0.25, 0.3) is 0 Å².